The third-order valence-electron chi connectivity index (χ3n) is 4.09. The SMILES string of the molecule is CC1SC(c2ccc(N(C)C)cc2)N(CC2CC2)C1=O. The van der Waals surface area contributed by atoms with E-state index >= 15 is 0 Å². The van der Waals surface area contributed by atoms with Crippen molar-refractivity contribution in [2.45, 2.75) is 30.4 Å². The van der Waals surface area contributed by atoms with Crippen molar-refractivity contribution in [3.05, 3.63) is 29.8 Å². The van der Waals surface area contributed by atoms with Crippen LogP contribution < -0.4 is 4.90 Å². The largest absolute Gasteiger partial charge is 0.378 e. The first-order chi connectivity index (χ1) is 9.56. The molecule has 2 unspecified atom stereocenters. The van der Waals surface area contributed by atoms with Gasteiger partial charge in [0, 0.05) is 26.3 Å². The number of hydrogen-bond donors (Lipinski definition) is 0. The van der Waals surface area contributed by atoms with Crippen LogP contribution in [0.15, 0.2) is 24.3 Å². The normalized spacial score (nSPS) is 26.1. The van der Waals surface area contributed by atoms with Crippen LogP contribution in [0.25, 0.3) is 0 Å². The minimum Gasteiger partial charge on any atom is -0.378 e. The van der Waals surface area contributed by atoms with Gasteiger partial charge in [0.15, 0.2) is 0 Å². The number of nitrogens with zero attached hydrogens (tertiary/aromatic N) is 2. The summed E-state index contributed by atoms with van der Waals surface area (Å²) in [5.41, 5.74) is 2.45. The van der Waals surface area contributed by atoms with Crippen LogP contribution in [-0.4, -0.2) is 36.7 Å². The van der Waals surface area contributed by atoms with Gasteiger partial charge in [0.2, 0.25) is 5.91 Å². The number of amides is 1. The van der Waals surface area contributed by atoms with Gasteiger partial charge >= 0.3 is 0 Å². The van der Waals surface area contributed by atoms with Gasteiger partial charge in [0.25, 0.3) is 0 Å². The van der Waals surface area contributed by atoms with Crippen LogP contribution >= 0.6 is 11.8 Å². The average Bonchev–Trinajstić information content (AvgIpc) is 3.21. The molecule has 0 radical (unpaired) electrons. The van der Waals surface area contributed by atoms with E-state index in [0.29, 0.717) is 5.91 Å². The van der Waals surface area contributed by atoms with E-state index in [4.69, 9.17) is 0 Å². The van der Waals surface area contributed by atoms with Crippen LogP contribution in [0.4, 0.5) is 5.69 Å². The zero-order chi connectivity index (χ0) is 14.3. The van der Waals surface area contributed by atoms with Crippen molar-refractivity contribution in [3.63, 3.8) is 0 Å². The Labute approximate surface area is 125 Å². The second-order valence-electron chi connectivity index (χ2n) is 6.05. The summed E-state index contributed by atoms with van der Waals surface area (Å²) < 4.78 is 0. The number of benzene rings is 1. The van der Waals surface area contributed by atoms with Crippen molar-refractivity contribution in [3.8, 4) is 0 Å². The molecule has 2 aliphatic rings. The Morgan fingerprint density at radius 1 is 1.25 bits per heavy atom. The van der Waals surface area contributed by atoms with E-state index < -0.39 is 0 Å². The summed E-state index contributed by atoms with van der Waals surface area (Å²) in [5.74, 6) is 1.05. The summed E-state index contributed by atoms with van der Waals surface area (Å²) in [6.45, 7) is 2.97. The van der Waals surface area contributed by atoms with Crippen LogP contribution in [0.1, 0.15) is 30.7 Å². The van der Waals surface area contributed by atoms with E-state index in [1.54, 1.807) is 11.8 Å². The van der Waals surface area contributed by atoms with Gasteiger partial charge in [-0.25, -0.2) is 0 Å². The van der Waals surface area contributed by atoms with Gasteiger partial charge < -0.3 is 9.80 Å². The highest BCUT2D eigenvalue weighted by molar-refractivity contribution is 8.01. The van der Waals surface area contributed by atoms with Crippen molar-refractivity contribution in [1.82, 2.24) is 4.90 Å². The van der Waals surface area contributed by atoms with Crippen LogP contribution in [0, 0.1) is 5.92 Å². The highest BCUT2D eigenvalue weighted by atomic mass is 32.2. The molecule has 108 valence electrons. The Bertz CT molecular complexity index is 496. The second-order valence-corrected chi connectivity index (χ2v) is 7.48. The van der Waals surface area contributed by atoms with Crippen LogP contribution in [-0.2, 0) is 4.79 Å². The predicted octanol–water partition coefficient (Wildman–Crippen LogP) is 3.13. The third kappa shape index (κ3) is 2.66. The molecule has 1 saturated heterocycles. The number of carbonyl (C=O) groups excluding carboxylic acids is 1. The molecule has 4 heteroatoms. The quantitative estimate of drug-likeness (QED) is 0.851. The monoisotopic (exact) mass is 290 g/mol. The molecule has 1 aromatic carbocycles. The average molecular weight is 290 g/mol. The van der Waals surface area contributed by atoms with E-state index in [2.05, 4.69) is 34.1 Å². The van der Waals surface area contributed by atoms with Crippen molar-refractivity contribution in [1.29, 1.82) is 0 Å². The van der Waals surface area contributed by atoms with Crippen molar-refractivity contribution >= 4 is 23.4 Å². The van der Waals surface area contributed by atoms with Crippen molar-refractivity contribution < 1.29 is 4.79 Å². The molecule has 3 rings (SSSR count). The second kappa shape index (κ2) is 5.32. The van der Waals surface area contributed by atoms with Crippen LogP contribution in [0.3, 0.4) is 0 Å². The minimum absolute atomic E-state index is 0.0901. The van der Waals surface area contributed by atoms with E-state index in [0.717, 1.165) is 12.5 Å². The van der Waals surface area contributed by atoms with Gasteiger partial charge in [0.1, 0.15) is 5.37 Å². The number of anilines is 1. The van der Waals surface area contributed by atoms with Gasteiger partial charge in [0.05, 0.1) is 5.25 Å². The molecule has 0 spiro atoms. The fourth-order valence-electron chi connectivity index (χ4n) is 2.63. The van der Waals surface area contributed by atoms with Crippen LogP contribution in [0.5, 0.6) is 0 Å². The maximum Gasteiger partial charge on any atom is 0.236 e. The van der Waals surface area contributed by atoms with Gasteiger partial charge in [-0.2, -0.15) is 0 Å². The maximum absolute atomic E-state index is 12.3. The molecule has 1 aliphatic carbocycles. The number of hydrogen-bond acceptors (Lipinski definition) is 3. The molecule has 1 heterocycles. The number of carbonyl (C=O) groups is 1. The molecule has 20 heavy (non-hydrogen) atoms. The minimum atomic E-state index is 0.0901. The Balaban J connectivity index is 1.81. The molecule has 2 fully saturated rings. The first-order valence-electron chi connectivity index (χ1n) is 7.29. The Kier molecular flexibility index (Phi) is 3.67. The summed E-state index contributed by atoms with van der Waals surface area (Å²) >= 11 is 1.78. The molecule has 1 aromatic rings. The van der Waals surface area contributed by atoms with Gasteiger partial charge in [-0.1, -0.05) is 12.1 Å². The molecule has 0 N–H and O–H groups in total. The summed E-state index contributed by atoms with van der Waals surface area (Å²) in [5, 5.41) is 0.293. The highest BCUT2D eigenvalue weighted by Gasteiger charge is 2.40. The first kappa shape index (κ1) is 13.8. The Morgan fingerprint density at radius 2 is 1.90 bits per heavy atom. The predicted molar refractivity (Wildman–Crippen MR) is 85.0 cm³/mol. The number of rotatable bonds is 4. The topological polar surface area (TPSA) is 23.6 Å². The molecular formula is C16H22N2OS. The molecule has 3 nitrogen and oxygen atoms in total. The summed E-state index contributed by atoms with van der Waals surface area (Å²) in [6, 6.07) is 8.60. The summed E-state index contributed by atoms with van der Waals surface area (Å²) in [7, 11) is 4.09. The Morgan fingerprint density at radius 3 is 2.45 bits per heavy atom. The van der Waals surface area contributed by atoms with Crippen molar-refractivity contribution in [2.75, 3.05) is 25.5 Å². The molecule has 0 bridgehead atoms. The zero-order valence-electron chi connectivity index (χ0n) is 12.4. The first-order valence-corrected chi connectivity index (χ1v) is 8.24. The molecule has 1 amide bonds. The van der Waals surface area contributed by atoms with E-state index in [1.165, 1.54) is 24.1 Å². The lowest BCUT2D eigenvalue weighted by Gasteiger charge is -2.24. The van der Waals surface area contributed by atoms with E-state index in [9.17, 15) is 4.79 Å². The van der Waals surface area contributed by atoms with E-state index in [-0.39, 0.29) is 10.6 Å². The van der Waals surface area contributed by atoms with Gasteiger partial charge in [-0.3, -0.25) is 4.79 Å². The van der Waals surface area contributed by atoms with Gasteiger partial charge in [-0.05, 0) is 43.4 Å². The molecular weight excluding hydrogens is 268 g/mol. The lowest BCUT2D eigenvalue weighted by atomic mass is 10.1. The standard InChI is InChI=1S/C16H22N2OS/c1-11-15(19)18(10-12-4-5-12)16(20-11)13-6-8-14(9-7-13)17(2)3/h6-9,11-12,16H,4-5,10H2,1-3H3. The van der Waals surface area contributed by atoms with Gasteiger partial charge in [-0.15, -0.1) is 11.8 Å². The summed E-state index contributed by atoms with van der Waals surface area (Å²) in [4.78, 5) is 16.5. The fourth-order valence-corrected chi connectivity index (χ4v) is 3.92. The highest BCUT2D eigenvalue weighted by Crippen LogP contribution is 2.45. The lowest BCUT2D eigenvalue weighted by Crippen LogP contribution is -2.32. The van der Waals surface area contributed by atoms with E-state index in [1.807, 2.05) is 21.0 Å². The summed E-state index contributed by atoms with van der Waals surface area (Å²) in [6.07, 6.45) is 2.57. The lowest BCUT2D eigenvalue weighted by molar-refractivity contribution is -0.130. The third-order valence-corrected chi connectivity index (χ3v) is 5.49. The fraction of sp³-hybridized carbons (Fsp3) is 0.562. The maximum atomic E-state index is 12.3. The Hall–Kier alpha value is -1.16. The molecule has 2 atom stereocenters. The molecule has 1 aliphatic heterocycles. The zero-order valence-corrected chi connectivity index (χ0v) is 13.2. The van der Waals surface area contributed by atoms with Crippen LogP contribution in [0.2, 0.25) is 0 Å². The molecule has 1 saturated carbocycles. The smallest absolute Gasteiger partial charge is 0.236 e. The number of thioether (sulfide) groups is 1. The molecule has 0 aromatic heterocycles. The van der Waals surface area contributed by atoms with Crippen molar-refractivity contribution in [2.24, 2.45) is 5.92 Å².